The quantitative estimate of drug-likeness (QED) is 0.847. The summed E-state index contributed by atoms with van der Waals surface area (Å²) in [5, 5.41) is 9.44. The Morgan fingerprint density at radius 3 is 2.68 bits per heavy atom. The van der Waals surface area contributed by atoms with Crippen molar-refractivity contribution < 1.29 is 9.90 Å². The lowest BCUT2D eigenvalue weighted by Crippen LogP contribution is -2.45. The molecule has 0 aliphatic carbocycles. The Morgan fingerprint density at radius 1 is 1.21 bits per heavy atom. The molecule has 1 N–H and O–H groups in total. The number of carbonyl (C=O) groups is 1. The van der Waals surface area contributed by atoms with Gasteiger partial charge in [0.15, 0.2) is 0 Å². The molecule has 0 spiro atoms. The smallest absolute Gasteiger partial charge is 0.321 e. The van der Waals surface area contributed by atoms with Gasteiger partial charge in [-0.25, -0.2) is 0 Å². The van der Waals surface area contributed by atoms with E-state index in [1.165, 1.54) is 25.9 Å². The molecule has 2 rings (SSSR count). The van der Waals surface area contributed by atoms with Crippen LogP contribution in [0.1, 0.15) is 46.0 Å². The van der Waals surface area contributed by atoms with Crippen molar-refractivity contribution in [1.29, 1.82) is 0 Å². The zero-order valence-corrected chi connectivity index (χ0v) is 12.3. The van der Waals surface area contributed by atoms with E-state index in [1.807, 2.05) is 0 Å². The van der Waals surface area contributed by atoms with Crippen molar-refractivity contribution >= 4 is 5.97 Å². The van der Waals surface area contributed by atoms with E-state index >= 15 is 0 Å². The summed E-state index contributed by atoms with van der Waals surface area (Å²) in [5.41, 5.74) is 0. The molecule has 2 aliphatic rings. The highest BCUT2D eigenvalue weighted by Crippen LogP contribution is 2.30. The van der Waals surface area contributed by atoms with Crippen molar-refractivity contribution in [3.8, 4) is 0 Å². The molecule has 2 saturated heterocycles. The molecule has 4 nitrogen and oxygen atoms in total. The van der Waals surface area contributed by atoms with Crippen molar-refractivity contribution in [2.45, 2.75) is 58.0 Å². The summed E-state index contributed by atoms with van der Waals surface area (Å²) in [6.45, 7) is 8.78. The van der Waals surface area contributed by atoms with Gasteiger partial charge in [-0.3, -0.25) is 9.69 Å². The van der Waals surface area contributed by atoms with Gasteiger partial charge in [0.2, 0.25) is 0 Å². The maximum Gasteiger partial charge on any atom is 0.321 e. The Hall–Kier alpha value is -0.610. The number of carboxylic acids is 1. The van der Waals surface area contributed by atoms with E-state index in [0.717, 1.165) is 32.4 Å². The Labute approximate surface area is 116 Å². The summed E-state index contributed by atoms with van der Waals surface area (Å²) in [6.07, 6.45) is 5.75. The number of carboxylic acid groups (broad SMARTS) is 1. The van der Waals surface area contributed by atoms with Crippen LogP contribution in [0.4, 0.5) is 0 Å². The summed E-state index contributed by atoms with van der Waals surface area (Å²) in [7, 11) is 0. The maximum absolute atomic E-state index is 11.5. The fraction of sp³-hybridized carbons (Fsp3) is 0.933. The lowest BCUT2D eigenvalue weighted by atomic mass is 10.0. The van der Waals surface area contributed by atoms with Gasteiger partial charge in [-0.15, -0.1) is 0 Å². The normalized spacial score (nSPS) is 34.3. The zero-order valence-electron chi connectivity index (χ0n) is 12.3. The van der Waals surface area contributed by atoms with Crippen molar-refractivity contribution in [3.63, 3.8) is 0 Å². The van der Waals surface area contributed by atoms with E-state index in [0.29, 0.717) is 12.0 Å². The molecule has 0 aromatic carbocycles. The van der Waals surface area contributed by atoms with Crippen LogP contribution in [0.15, 0.2) is 0 Å². The number of likely N-dealkylation sites (tertiary alicyclic amines) is 2. The van der Waals surface area contributed by atoms with E-state index in [1.54, 1.807) is 0 Å². The SMILES string of the molecule is CCCN1CCCC(N2CCC(C)C2C(=O)O)CC1. The van der Waals surface area contributed by atoms with E-state index in [9.17, 15) is 9.90 Å². The molecule has 3 unspecified atom stereocenters. The third-order valence-corrected chi connectivity index (χ3v) is 4.79. The van der Waals surface area contributed by atoms with Crippen molar-refractivity contribution in [1.82, 2.24) is 9.80 Å². The highest BCUT2D eigenvalue weighted by molar-refractivity contribution is 5.74. The summed E-state index contributed by atoms with van der Waals surface area (Å²) in [5.74, 6) is -0.327. The first-order chi connectivity index (χ1) is 9.13. The fourth-order valence-corrected chi connectivity index (χ4v) is 3.78. The first kappa shape index (κ1) is 14.8. The molecule has 2 fully saturated rings. The standard InChI is InChI=1S/C15H28N2O2/c1-3-8-16-9-4-5-13(7-10-16)17-11-6-12(2)14(17)15(18)19/h12-14H,3-11H2,1-2H3,(H,18,19). The molecule has 0 aromatic heterocycles. The Bertz CT molecular complexity index is 309. The second kappa shape index (κ2) is 6.71. The lowest BCUT2D eigenvalue weighted by molar-refractivity contribution is -0.144. The van der Waals surface area contributed by atoms with E-state index in [2.05, 4.69) is 23.6 Å². The average molecular weight is 268 g/mol. The number of hydrogen-bond donors (Lipinski definition) is 1. The number of aliphatic carboxylic acids is 1. The van der Waals surface area contributed by atoms with Crippen molar-refractivity contribution in [2.24, 2.45) is 5.92 Å². The van der Waals surface area contributed by atoms with Gasteiger partial charge < -0.3 is 10.0 Å². The Balaban J connectivity index is 1.96. The van der Waals surface area contributed by atoms with Crippen molar-refractivity contribution in [2.75, 3.05) is 26.2 Å². The molecule has 0 aromatic rings. The van der Waals surface area contributed by atoms with Crippen LogP contribution in [0.3, 0.4) is 0 Å². The first-order valence-corrected chi connectivity index (χ1v) is 7.84. The average Bonchev–Trinajstić information content (AvgIpc) is 2.60. The van der Waals surface area contributed by atoms with Gasteiger partial charge in [0.1, 0.15) is 6.04 Å². The monoisotopic (exact) mass is 268 g/mol. The minimum Gasteiger partial charge on any atom is -0.480 e. The van der Waals surface area contributed by atoms with Gasteiger partial charge in [0.05, 0.1) is 0 Å². The number of hydrogen-bond acceptors (Lipinski definition) is 3. The van der Waals surface area contributed by atoms with Crippen LogP contribution < -0.4 is 0 Å². The summed E-state index contributed by atoms with van der Waals surface area (Å²) in [4.78, 5) is 16.3. The predicted octanol–water partition coefficient (Wildman–Crippen LogP) is 2.05. The maximum atomic E-state index is 11.5. The second-order valence-electron chi connectivity index (χ2n) is 6.21. The van der Waals surface area contributed by atoms with E-state index < -0.39 is 5.97 Å². The molecule has 19 heavy (non-hydrogen) atoms. The highest BCUT2D eigenvalue weighted by atomic mass is 16.4. The molecule has 2 aliphatic heterocycles. The molecule has 4 heteroatoms. The van der Waals surface area contributed by atoms with Crippen LogP contribution in [0.2, 0.25) is 0 Å². The zero-order chi connectivity index (χ0) is 13.8. The molecular weight excluding hydrogens is 240 g/mol. The Morgan fingerprint density at radius 2 is 2.00 bits per heavy atom. The molecule has 0 bridgehead atoms. The third-order valence-electron chi connectivity index (χ3n) is 4.79. The van der Waals surface area contributed by atoms with Crippen LogP contribution in [-0.4, -0.2) is 59.1 Å². The lowest BCUT2D eigenvalue weighted by Gasteiger charge is -2.31. The van der Waals surface area contributed by atoms with Gasteiger partial charge in [-0.1, -0.05) is 13.8 Å². The van der Waals surface area contributed by atoms with Gasteiger partial charge in [-0.2, -0.15) is 0 Å². The second-order valence-corrected chi connectivity index (χ2v) is 6.21. The fourth-order valence-electron chi connectivity index (χ4n) is 3.78. The van der Waals surface area contributed by atoms with Crippen LogP contribution in [-0.2, 0) is 4.79 Å². The summed E-state index contributed by atoms with van der Waals surface area (Å²) in [6, 6.07) is 0.232. The largest absolute Gasteiger partial charge is 0.480 e. The first-order valence-electron chi connectivity index (χ1n) is 7.84. The molecule has 110 valence electrons. The van der Waals surface area contributed by atoms with Crippen LogP contribution in [0.5, 0.6) is 0 Å². The minimum atomic E-state index is -0.625. The van der Waals surface area contributed by atoms with E-state index in [4.69, 9.17) is 0 Å². The minimum absolute atomic E-state index is 0.247. The van der Waals surface area contributed by atoms with Gasteiger partial charge in [-0.05, 0) is 64.2 Å². The molecular formula is C15H28N2O2. The van der Waals surface area contributed by atoms with Crippen LogP contribution in [0.25, 0.3) is 0 Å². The van der Waals surface area contributed by atoms with Gasteiger partial charge in [0.25, 0.3) is 0 Å². The topological polar surface area (TPSA) is 43.8 Å². The molecule has 2 heterocycles. The predicted molar refractivity (Wildman–Crippen MR) is 76.3 cm³/mol. The van der Waals surface area contributed by atoms with Crippen molar-refractivity contribution in [3.05, 3.63) is 0 Å². The number of rotatable bonds is 4. The van der Waals surface area contributed by atoms with Gasteiger partial charge in [0, 0.05) is 6.04 Å². The molecule has 3 atom stereocenters. The highest BCUT2D eigenvalue weighted by Gasteiger charge is 2.40. The van der Waals surface area contributed by atoms with E-state index in [-0.39, 0.29) is 6.04 Å². The molecule has 0 amide bonds. The number of nitrogens with zero attached hydrogens (tertiary/aromatic N) is 2. The summed E-state index contributed by atoms with van der Waals surface area (Å²) < 4.78 is 0. The Kier molecular flexibility index (Phi) is 5.22. The molecule has 0 radical (unpaired) electrons. The summed E-state index contributed by atoms with van der Waals surface area (Å²) >= 11 is 0. The van der Waals surface area contributed by atoms with Gasteiger partial charge >= 0.3 is 5.97 Å². The molecule has 0 saturated carbocycles. The third kappa shape index (κ3) is 3.48. The van der Waals surface area contributed by atoms with Crippen LogP contribution >= 0.6 is 0 Å². The van der Waals surface area contributed by atoms with Crippen LogP contribution in [0, 0.1) is 5.92 Å².